The van der Waals surface area contributed by atoms with Crippen LogP contribution in [0, 0.1) is 0 Å². The molecular formula is C18H14NS+. The predicted molar refractivity (Wildman–Crippen MR) is 85.1 cm³/mol. The van der Waals surface area contributed by atoms with Crippen molar-refractivity contribution in [3.63, 3.8) is 0 Å². The largest absolute Gasteiger partial charge is 0.226 e. The van der Waals surface area contributed by atoms with E-state index in [1.54, 1.807) is 11.3 Å². The third-order valence-corrected chi connectivity index (χ3v) is 4.61. The third-order valence-electron chi connectivity index (χ3n) is 3.65. The van der Waals surface area contributed by atoms with Gasteiger partial charge in [0.2, 0.25) is 11.0 Å². The van der Waals surface area contributed by atoms with E-state index in [1.165, 1.54) is 26.6 Å². The Bertz CT molecular complexity index is 892. The Morgan fingerprint density at radius 3 is 2.55 bits per heavy atom. The van der Waals surface area contributed by atoms with Gasteiger partial charge in [0, 0.05) is 11.6 Å². The van der Waals surface area contributed by atoms with E-state index in [0.29, 0.717) is 0 Å². The lowest BCUT2D eigenvalue weighted by molar-refractivity contribution is -0.658. The third kappa shape index (κ3) is 1.98. The van der Waals surface area contributed by atoms with E-state index in [4.69, 9.17) is 0 Å². The van der Waals surface area contributed by atoms with Crippen LogP contribution in [0.2, 0.25) is 0 Å². The van der Waals surface area contributed by atoms with Crippen LogP contribution in [-0.4, -0.2) is 0 Å². The summed E-state index contributed by atoms with van der Waals surface area (Å²) in [5.74, 6) is 0. The Morgan fingerprint density at radius 1 is 0.800 bits per heavy atom. The van der Waals surface area contributed by atoms with Crippen molar-refractivity contribution < 1.29 is 4.57 Å². The second-order valence-electron chi connectivity index (χ2n) is 5.00. The fourth-order valence-electron chi connectivity index (χ4n) is 2.63. The zero-order valence-electron chi connectivity index (χ0n) is 11.0. The maximum atomic E-state index is 2.32. The van der Waals surface area contributed by atoms with Gasteiger partial charge in [-0.3, -0.25) is 0 Å². The van der Waals surface area contributed by atoms with E-state index in [1.807, 2.05) is 0 Å². The van der Waals surface area contributed by atoms with E-state index in [0.717, 1.165) is 6.54 Å². The lowest BCUT2D eigenvalue weighted by atomic mass is 10.1. The molecule has 0 amide bonds. The minimum Gasteiger partial charge on any atom is -0.184 e. The summed E-state index contributed by atoms with van der Waals surface area (Å²) < 4.78 is 3.66. The highest BCUT2D eigenvalue weighted by Crippen LogP contribution is 2.18. The molecule has 0 bridgehead atoms. The van der Waals surface area contributed by atoms with Crippen molar-refractivity contribution in [2.45, 2.75) is 6.54 Å². The zero-order valence-corrected chi connectivity index (χ0v) is 11.8. The van der Waals surface area contributed by atoms with Gasteiger partial charge in [0.05, 0.1) is 0 Å². The molecule has 0 unspecified atom stereocenters. The Morgan fingerprint density at radius 2 is 1.60 bits per heavy atom. The second kappa shape index (κ2) is 4.73. The first-order valence-corrected chi connectivity index (χ1v) is 7.61. The van der Waals surface area contributed by atoms with Gasteiger partial charge in [-0.2, -0.15) is 4.57 Å². The van der Waals surface area contributed by atoms with Gasteiger partial charge in [0.1, 0.15) is 4.70 Å². The van der Waals surface area contributed by atoms with Crippen molar-refractivity contribution in [1.82, 2.24) is 0 Å². The van der Waals surface area contributed by atoms with Gasteiger partial charge in [0.15, 0.2) is 6.54 Å². The maximum absolute atomic E-state index is 2.32. The van der Waals surface area contributed by atoms with E-state index in [2.05, 4.69) is 76.8 Å². The van der Waals surface area contributed by atoms with Crippen LogP contribution in [0.4, 0.5) is 0 Å². The first-order valence-electron chi connectivity index (χ1n) is 6.73. The highest BCUT2D eigenvalue weighted by atomic mass is 32.1. The van der Waals surface area contributed by atoms with Crippen LogP contribution in [-0.2, 0) is 6.54 Å². The van der Waals surface area contributed by atoms with Crippen LogP contribution in [0.25, 0.3) is 21.0 Å². The molecule has 0 N–H and O–H groups in total. The van der Waals surface area contributed by atoms with Crippen LogP contribution in [0.1, 0.15) is 5.56 Å². The fourth-order valence-corrected chi connectivity index (χ4v) is 3.52. The van der Waals surface area contributed by atoms with Gasteiger partial charge < -0.3 is 0 Å². The van der Waals surface area contributed by atoms with Crippen molar-refractivity contribution in [3.8, 4) is 0 Å². The zero-order chi connectivity index (χ0) is 13.4. The quantitative estimate of drug-likeness (QED) is 0.478. The summed E-state index contributed by atoms with van der Waals surface area (Å²) >= 11 is 1.80. The number of hydrogen-bond donors (Lipinski definition) is 0. The van der Waals surface area contributed by atoms with Crippen molar-refractivity contribution in [2.75, 3.05) is 0 Å². The maximum Gasteiger partial charge on any atom is 0.226 e. The van der Waals surface area contributed by atoms with Crippen molar-refractivity contribution in [2.24, 2.45) is 0 Å². The monoisotopic (exact) mass is 276 g/mol. The molecule has 0 saturated heterocycles. The molecular weight excluding hydrogens is 262 g/mol. The molecule has 0 radical (unpaired) electrons. The summed E-state index contributed by atoms with van der Waals surface area (Å²) in [4.78, 5) is 0. The smallest absolute Gasteiger partial charge is 0.184 e. The lowest BCUT2D eigenvalue weighted by Crippen LogP contribution is -2.31. The topological polar surface area (TPSA) is 3.88 Å². The summed E-state index contributed by atoms with van der Waals surface area (Å²) in [6, 6.07) is 23.8. The first-order chi connectivity index (χ1) is 9.90. The van der Waals surface area contributed by atoms with E-state index in [-0.39, 0.29) is 0 Å². The molecule has 0 aliphatic heterocycles. The summed E-state index contributed by atoms with van der Waals surface area (Å²) in [5, 5.41) is 2.61. The molecule has 2 heteroatoms. The van der Waals surface area contributed by atoms with Crippen molar-refractivity contribution in [3.05, 3.63) is 77.8 Å². The van der Waals surface area contributed by atoms with Crippen LogP contribution >= 0.6 is 11.3 Å². The molecule has 0 spiro atoms. The van der Waals surface area contributed by atoms with E-state index >= 15 is 0 Å². The number of hydrogen-bond acceptors (Lipinski definition) is 1. The number of rotatable bonds is 2. The number of aromatic nitrogens is 1. The average molecular weight is 276 g/mol. The molecule has 1 heterocycles. The molecule has 20 heavy (non-hydrogen) atoms. The molecule has 0 atom stereocenters. The Balaban J connectivity index is 1.76. The summed E-state index contributed by atoms with van der Waals surface area (Å²) in [5.41, 5.74) is 4.86. The normalized spacial score (nSPS) is 11.2. The minimum absolute atomic E-state index is 0.925. The average Bonchev–Trinajstić information content (AvgIpc) is 2.91. The van der Waals surface area contributed by atoms with Crippen LogP contribution in [0.15, 0.2) is 72.2 Å². The van der Waals surface area contributed by atoms with E-state index < -0.39 is 0 Å². The molecule has 0 aliphatic rings. The van der Waals surface area contributed by atoms with E-state index in [9.17, 15) is 0 Å². The van der Waals surface area contributed by atoms with Crippen LogP contribution in [0.5, 0.6) is 0 Å². The van der Waals surface area contributed by atoms with Gasteiger partial charge in [-0.1, -0.05) is 59.9 Å². The number of benzene rings is 3. The molecule has 96 valence electrons. The molecule has 4 rings (SSSR count). The Hall–Kier alpha value is -2.19. The van der Waals surface area contributed by atoms with Crippen LogP contribution in [0.3, 0.4) is 0 Å². The predicted octanol–water partition coefficient (Wildman–Crippen LogP) is 4.39. The standard InChI is InChI=1S/C18H14NS/c1-2-6-16-11-14(9-10-15(16)5-1)12-19-13-20-18-8-4-3-7-17(18)19/h1-11,13H,12H2/q+1. The van der Waals surface area contributed by atoms with Crippen molar-refractivity contribution in [1.29, 1.82) is 0 Å². The Labute approximate surface area is 121 Å². The van der Waals surface area contributed by atoms with Gasteiger partial charge in [-0.05, 0) is 22.9 Å². The molecule has 3 aromatic carbocycles. The summed E-state index contributed by atoms with van der Waals surface area (Å²) in [6.45, 7) is 0.925. The van der Waals surface area contributed by atoms with Crippen LogP contribution < -0.4 is 4.57 Å². The molecule has 0 saturated carbocycles. The number of nitrogens with zero attached hydrogens (tertiary/aromatic N) is 1. The second-order valence-corrected chi connectivity index (χ2v) is 5.89. The van der Waals surface area contributed by atoms with Gasteiger partial charge in [-0.15, -0.1) is 0 Å². The Kier molecular flexibility index (Phi) is 2.75. The van der Waals surface area contributed by atoms with Gasteiger partial charge in [-0.25, -0.2) is 0 Å². The molecule has 4 aromatic rings. The molecule has 1 aromatic heterocycles. The first kappa shape index (κ1) is 11.6. The molecule has 0 aliphatic carbocycles. The number of fused-ring (bicyclic) bond motifs is 2. The van der Waals surface area contributed by atoms with Gasteiger partial charge in [0.25, 0.3) is 0 Å². The fraction of sp³-hybridized carbons (Fsp3) is 0.0556. The SMILES string of the molecule is c1ccc2cc(C[n+]3csc4ccccc43)ccc2c1. The highest BCUT2D eigenvalue weighted by molar-refractivity contribution is 7.16. The number of para-hydroxylation sites is 1. The van der Waals surface area contributed by atoms with Gasteiger partial charge >= 0.3 is 0 Å². The summed E-state index contributed by atoms with van der Waals surface area (Å²) in [7, 11) is 0. The van der Waals surface area contributed by atoms with Crippen molar-refractivity contribution >= 4 is 32.3 Å². The number of thiazole rings is 1. The highest BCUT2D eigenvalue weighted by Gasteiger charge is 2.11. The molecule has 0 fully saturated rings. The lowest BCUT2D eigenvalue weighted by Gasteiger charge is -2.00. The summed E-state index contributed by atoms with van der Waals surface area (Å²) in [6.07, 6.45) is 0. The molecule has 1 nitrogen and oxygen atoms in total. The minimum atomic E-state index is 0.925.